The topological polar surface area (TPSA) is 87.7 Å². The van der Waals surface area contributed by atoms with Crippen molar-refractivity contribution in [1.29, 1.82) is 0 Å². The van der Waals surface area contributed by atoms with Crippen LogP contribution in [0.25, 0.3) is 0 Å². The summed E-state index contributed by atoms with van der Waals surface area (Å²) in [6.07, 6.45) is 0. The van der Waals surface area contributed by atoms with Crippen LogP contribution >= 0.6 is 0 Å². The van der Waals surface area contributed by atoms with E-state index in [0.29, 0.717) is 17.8 Å². The van der Waals surface area contributed by atoms with Crippen LogP contribution in [0.3, 0.4) is 0 Å². The number of para-hydroxylation sites is 1. The maximum Gasteiger partial charge on any atom is 0.340 e. The minimum Gasteiger partial charge on any atom is -0.452 e. The Hall–Kier alpha value is -2.08. The molecule has 0 unspecified atom stereocenters. The van der Waals surface area contributed by atoms with Gasteiger partial charge in [-0.1, -0.05) is 12.1 Å². The van der Waals surface area contributed by atoms with Crippen molar-refractivity contribution in [1.82, 2.24) is 5.32 Å². The number of aliphatic hydroxyl groups excluding tert-OH is 1. The van der Waals surface area contributed by atoms with Gasteiger partial charge in [0.25, 0.3) is 5.91 Å². The molecule has 6 nitrogen and oxygen atoms in total. The summed E-state index contributed by atoms with van der Waals surface area (Å²) in [6.45, 7) is -0.0228. The van der Waals surface area contributed by atoms with E-state index in [9.17, 15) is 9.59 Å². The van der Waals surface area contributed by atoms with E-state index in [1.807, 2.05) is 0 Å². The van der Waals surface area contributed by atoms with Gasteiger partial charge >= 0.3 is 5.97 Å². The Kier molecular flexibility index (Phi) is 5.66. The second-order valence-corrected chi connectivity index (χ2v) is 3.45. The fourth-order valence-electron chi connectivity index (χ4n) is 1.29. The largest absolute Gasteiger partial charge is 0.452 e. The first-order chi connectivity index (χ1) is 8.69. The van der Waals surface area contributed by atoms with Crippen LogP contribution in [0.2, 0.25) is 0 Å². The molecule has 18 heavy (non-hydrogen) atoms. The second kappa shape index (κ2) is 7.29. The number of ether oxygens (including phenoxy) is 1. The number of rotatable bonds is 6. The van der Waals surface area contributed by atoms with E-state index in [4.69, 9.17) is 9.84 Å². The van der Waals surface area contributed by atoms with Gasteiger partial charge in [-0.25, -0.2) is 4.79 Å². The van der Waals surface area contributed by atoms with E-state index < -0.39 is 5.97 Å². The molecule has 0 atom stereocenters. The SMILES string of the molecule is CNC(=O)COC(=O)c1ccccc1NCCO. The van der Waals surface area contributed by atoms with Gasteiger partial charge in [0.2, 0.25) is 0 Å². The van der Waals surface area contributed by atoms with Gasteiger partial charge in [-0.05, 0) is 12.1 Å². The van der Waals surface area contributed by atoms with E-state index in [1.54, 1.807) is 24.3 Å². The van der Waals surface area contributed by atoms with Gasteiger partial charge in [-0.2, -0.15) is 0 Å². The minimum atomic E-state index is -0.584. The molecule has 0 aliphatic heterocycles. The number of carbonyl (C=O) groups excluding carboxylic acids is 2. The molecule has 0 aliphatic rings. The third kappa shape index (κ3) is 4.06. The molecule has 0 saturated heterocycles. The molecule has 1 aromatic rings. The van der Waals surface area contributed by atoms with Crippen LogP contribution in [0, 0.1) is 0 Å². The summed E-state index contributed by atoms with van der Waals surface area (Å²) in [5.74, 6) is -0.955. The summed E-state index contributed by atoms with van der Waals surface area (Å²) < 4.78 is 4.85. The van der Waals surface area contributed by atoms with Crippen molar-refractivity contribution in [3.63, 3.8) is 0 Å². The molecule has 98 valence electrons. The minimum absolute atomic E-state index is 0.0401. The molecule has 0 aliphatic carbocycles. The molecule has 6 heteroatoms. The molecule has 3 N–H and O–H groups in total. The van der Waals surface area contributed by atoms with Crippen molar-refractivity contribution in [3.8, 4) is 0 Å². The number of esters is 1. The van der Waals surface area contributed by atoms with Gasteiger partial charge in [0.1, 0.15) is 0 Å². The number of likely N-dealkylation sites (N-methyl/N-ethyl adjacent to an activating group) is 1. The summed E-state index contributed by atoms with van der Waals surface area (Å²) in [4.78, 5) is 22.7. The molecule has 0 fully saturated rings. The average molecular weight is 252 g/mol. The molecular formula is C12H16N2O4. The highest BCUT2D eigenvalue weighted by Gasteiger charge is 2.13. The van der Waals surface area contributed by atoms with Crippen LogP contribution in [0.15, 0.2) is 24.3 Å². The zero-order valence-electron chi connectivity index (χ0n) is 10.1. The fraction of sp³-hybridized carbons (Fsp3) is 0.333. The fourth-order valence-corrected chi connectivity index (χ4v) is 1.29. The van der Waals surface area contributed by atoms with Crippen molar-refractivity contribution in [2.24, 2.45) is 0 Å². The average Bonchev–Trinajstić information content (AvgIpc) is 2.42. The summed E-state index contributed by atoms with van der Waals surface area (Å²) in [5.41, 5.74) is 0.892. The van der Waals surface area contributed by atoms with E-state index in [2.05, 4.69) is 10.6 Å². The standard InChI is InChI=1S/C12H16N2O4/c1-13-11(16)8-18-12(17)9-4-2-3-5-10(9)14-6-7-15/h2-5,14-15H,6-8H2,1H3,(H,13,16). The molecule has 1 amide bonds. The van der Waals surface area contributed by atoms with E-state index in [-0.39, 0.29) is 19.1 Å². The van der Waals surface area contributed by atoms with Crippen molar-refractivity contribution in [2.45, 2.75) is 0 Å². The highest BCUT2D eigenvalue weighted by Crippen LogP contribution is 2.15. The zero-order valence-corrected chi connectivity index (χ0v) is 10.1. The molecule has 0 radical (unpaired) electrons. The maximum atomic E-state index is 11.7. The second-order valence-electron chi connectivity index (χ2n) is 3.45. The Labute approximate surface area is 105 Å². The number of aliphatic hydroxyl groups is 1. The predicted molar refractivity (Wildman–Crippen MR) is 66.4 cm³/mol. The monoisotopic (exact) mass is 252 g/mol. The highest BCUT2D eigenvalue weighted by molar-refractivity contribution is 5.96. The number of benzene rings is 1. The maximum absolute atomic E-state index is 11.7. The van der Waals surface area contributed by atoms with Crippen LogP contribution in [0.5, 0.6) is 0 Å². The molecule has 0 bridgehead atoms. The number of amides is 1. The lowest BCUT2D eigenvalue weighted by Crippen LogP contribution is -2.25. The number of nitrogens with one attached hydrogen (secondary N) is 2. The molecule has 0 saturated carbocycles. The number of hydrogen-bond donors (Lipinski definition) is 3. The lowest BCUT2D eigenvalue weighted by atomic mass is 10.2. The van der Waals surface area contributed by atoms with E-state index >= 15 is 0 Å². The van der Waals surface area contributed by atoms with Gasteiger partial charge < -0.3 is 20.5 Å². The van der Waals surface area contributed by atoms with Crippen LogP contribution in [-0.2, 0) is 9.53 Å². The van der Waals surface area contributed by atoms with Gasteiger partial charge in [-0.3, -0.25) is 4.79 Å². The lowest BCUT2D eigenvalue weighted by Gasteiger charge is -2.10. The van der Waals surface area contributed by atoms with Gasteiger partial charge in [0.05, 0.1) is 12.2 Å². The van der Waals surface area contributed by atoms with Crippen molar-refractivity contribution < 1.29 is 19.4 Å². The third-order valence-corrected chi connectivity index (χ3v) is 2.19. The normalized spacial score (nSPS) is 9.67. The van der Waals surface area contributed by atoms with E-state index in [1.165, 1.54) is 7.05 Å². The van der Waals surface area contributed by atoms with Crippen molar-refractivity contribution >= 4 is 17.6 Å². The summed E-state index contributed by atoms with van der Waals surface area (Å²) >= 11 is 0. The first-order valence-corrected chi connectivity index (χ1v) is 5.50. The van der Waals surface area contributed by atoms with Gasteiger partial charge in [0, 0.05) is 19.3 Å². The smallest absolute Gasteiger partial charge is 0.340 e. The third-order valence-electron chi connectivity index (χ3n) is 2.19. The Morgan fingerprint density at radius 1 is 1.33 bits per heavy atom. The van der Waals surface area contributed by atoms with Crippen LogP contribution in [0.4, 0.5) is 5.69 Å². The summed E-state index contributed by atoms with van der Waals surface area (Å²) in [6, 6.07) is 6.74. The van der Waals surface area contributed by atoms with E-state index in [0.717, 1.165) is 0 Å². The first-order valence-electron chi connectivity index (χ1n) is 5.50. The molecule has 0 spiro atoms. The predicted octanol–water partition coefficient (Wildman–Crippen LogP) is -0.00640. The molecule has 1 aromatic carbocycles. The lowest BCUT2D eigenvalue weighted by molar-refractivity contribution is -0.123. The first kappa shape index (κ1) is 14.0. The molecule has 0 aromatic heterocycles. The van der Waals surface area contributed by atoms with Crippen molar-refractivity contribution in [3.05, 3.63) is 29.8 Å². The van der Waals surface area contributed by atoms with Gasteiger partial charge in [0.15, 0.2) is 6.61 Å². The van der Waals surface area contributed by atoms with Crippen molar-refractivity contribution in [2.75, 3.05) is 32.1 Å². The van der Waals surface area contributed by atoms with Crippen LogP contribution in [-0.4, -0.2) is 43.8 Å². The Balaban J connectivity index is 2.69. The molecule has 0 heterocycles. The number of hydrogen-bond acceptors (Lipinski definition) is 5. The number of carbonyl (C=O) groups is 2. The zero-order chi connectivity index (χ0) is 13.4. The number of anilines is 1. The Morgan fingerprint density at radius 3 is 2.72 bits per heavy atom. The van der Waals surface area contributed by atoms with Gasteiger partial charge in [-0.15, -0.1) is 0 Å². The van der Waals surface area contributed by atoms with Crippen LogP contribution in [0.1, 0.15) is 10.4 Å². The molecule has 1 rings (SSSR count). The summed E-state index contributed by atoms with van der Waals surface area (Å²) in [5, 5.41) is 14.0. The summed E-state index contributed by atoms with van der Waals surface area (Å²) in [7, 11) is 1.47. The van der Waals surface area contributed by atoms with Crippen LogP contribution < -0.4 is 10.6 Å². The quantitative estimate of drug-likeness (QED) is 0.620. The highest BCUT2D eigenvalue weighted by atomic mass is 16.5. The Morgan fingerprint density at radius 2 is 2.06 bits per heavy atom. The molecular weight excluding hydrogens is 236 g/mol. The Bertz CT molecular complexity index is 420.